The molecule has 0 bridgehead atoms. The van der Waals surface area contributed by atoms with Gasteiger partial charge in [-0.3, -0.25) is 9.36 Å². The standard InChI is InChI=1S/C30H21BrF2N3O7PS/c31-25-14-18(12-13-24(25)30(32,33)44(40,41)42)17-36-29(34-26(37)19-6-2-1-3-7-19)45-27(35-36)20-8-4-10-22(15-20)43-23-11-5-9-21(16-23)28(38)39/h1-16H,17H2,(H,38,39)(H2,40,41,42). The van der Waals surface area contributed by atoms with Crippen LogP contribution in [0.5, 0.6) is 11.5 Å². The number of benzene rings is 4. The number of aromatic carboxylic acids is 1. The molecule has 0 aliphatic rings. The first-order valence-electron chi connectivity index (χ1n) is 12.9. The zero-order valence-corrected chi connectivity index (χ0v) is 26.0. The number of ether oxygens (including phenoxy) is 1. The van der Waals surface area contributed by atoms with E-state index >= 15 is 0 Å². The molecule has 0 aliphatic heterocycles. The maximum atomic E-state index is 14.4. The van der Waals surface area contributed by atoms with E-state index in [9.17, 15) is 28.0 Å². The number of rotatable bonds is 9. The van der Waals surface area contributed by atoms with Crippen LogP contribution in [0.15, 0.2) is 107 Å². The molecule has 15 heteroatoms. The lowest BCUT2D eigenvalue weighted by Crippen LogP contribution is -2.20. The Bertz CT molecular complexity index is 2030. The Balaban J connectivity index is 1.52. The van der Waals surface area contributed by atoms with Crippen molar-refractivity contribution in [2.75, 3.05) is 0 Å². The maximum Gasteiger partial charge on any atom is 0.399 e. The molecule has 1 aromatic heterocycles. The molecule has 0 spiro atoms. The Kier molecular flexibility index (Phi) is 9.23. The van der Waals surface area contributed by atoms with Crippen molar-refractivity contribution in [3.05, 3.63) is 129 Å². The van der Waals surface area contributed by atoms with Crippen molar-refractivity contribution >= 4 is 46.7 Å². The molecule has 230 valence electrons. The first-order chi connectivity index (χ1) is 21.3. The van der Waals surface area contributed by atoms with Gasteiger partial charge in [0, 0.05) is 21.2 Å². The van der Waals surface area contributed by atoms with Crippen LogP contribution in [0.4, 0.5) is 8.78 Å². The minimum atomic E-state index is -5.78. The van der Waals surface area contributed by atoms with Gasteiger partial charge in [0.05, 0.1) is 12.1 Å². The second-order valence-electron chi connectivity index (χ2n) is 9.49. The number of carboxylic acid groups (broad SMARTS) is 1. The van der Waals surface area contributed by atoms with Crippen LogP contribution in [-0.4, -0.2) is 36.6 Å². The second kappa shape index (κ2) is 13.0. The third kappa shape index (κ3) is 7.32. The Morgan fingerprint density at radius 2 is 1.60 bits per heavy atom. The molecule has 45 heavy (non-hydrogen) atoms. The van der Waals surface area contributed by atoms with Gasteiger partial charge in [0.1, 0.15) is 16.5 Å². The lowest BCUT2D eigenvalue weighted by Gasteiger charge is -2.19. The van der Waals surface area contributed by atoms with Gasteiger partial charge in [-0.25, -0.2) is 9.48 Å². The van der Waals surface area contributed by atoms with E-state index in [2.05, 4.69) is 26.0 Å². The molecule has 1 heterocycles. The average molecular weight is 716 g/mol. The summed E-state index contributed by atoms with van der Waals surface area (Å²) in [7, 11) is -5.78. The summed E-state index contributed by atoms with van der Waals surface area (Å²) in [6.07, 6.45) is 0. The highest BCUT2D eigenvalue weighted by Crippen LogP contribution is 2.60. The largest absolute Gasteiger partial charge is 0.478 e. The van der Waals surface area contributed by atoms with Gasteiger partial charge in [-0.15, -0.1) is 0 Å². The van der Waals surface area contributed by atoms with Crippen LogP contribution in [0.2, 0.25) is 0 Å². The third-order valence-electron chi connectivity index (χ3n) is 6.29. The van der Waals surface area contributed by atoms with E-state index in [0.717, 1.165) is 17.4 Å². The van der Waals surface area contributed by atoms with E-state index in [4.69, 9.17) is 14.5 Å². The van der Waals surface area contributed by atoms with Gasteiger partial charge in [-0.05, 0) is 54.1 Å². The van der Waals surface area contributed by atoms with Crippen LogP contribution in [-0.2, 0) is 16.8 Å². The van der Waals surface area contributed by atoms with E-state index in [1.807, 2.05) is 0 Å². The summed E-state index contributed by atoms with van der Waals surface area (Å²) in [5.41, 5.74) is -3.87. The predicted molar refractivity (Wildman–Crippen MR) is 165 cm³/mol. The van der Waals surface area contributed by atoms with Crippen LogP contribution in [0.1, 0.15) is 31.8 Å². The van der Waals surface area contributed by atoms with Crippen molar-refractivity contribution in [3.63, 3.8) is 0 Å². The normalized spacial score (nSPS) is 12.2. The molecule has 4 aromatic carbocycles. The number of alkyl halides is 2. The molecule has 0 aliphatic carbocycles. The highest BCUT2D eigenvalue weighted by Gasteiger charge is 2.51. The Labute approximate surface area is 266 Å². The lowest BCUT2D eigenvalue weighted by atomic mass is 10.1. The number of aromatic nitrogens is 2. The van der Waals surface area contributed by atoms with Crippen LogP contribution in [0, 0.1) is 0 Å². The molecule has 5 rings (SSSR count). The lowest BCUT2D eigenvalue weighted by molar-refractivity contribution is 0.0557. The monoisotopic (exact) mass is 715 g/mol. The van der Waals surface area contributed by atoms with Gasteiger partial charge in [0.25, 0.3) is 5.91 Å². The van der Waals surface area contributed by atoms with E-state index < -0.39 is 30.7 Å². The number of halogens is 3. The van der Waals surface area contributed by atoms with Gasteiger partial charge < -0.3 is 19.6 Å². The number of hydrogen-bond acceptors (Lipinski definition) is 6. The smallest absolute Gasteiger partial charge is 0.399 e. The topological polar surface area (TPSA) is 151 Å². The van der Waals surface area contributed by atoms with Crippen molar-refractivity contribution in [1.82, 2.24) is 9.78 Å². The van der Waals surface area contributed by atoms with Crippen LogP contribution < -0.4 is 9.54 Å². The zero-order chi connectivity index (χ0) is 32.4. The highest BCUT2D eigenvalue weighted by molar-refractivity contribution is 9.10. The highest BCUT2D eigenvalue weighted by atomic mass is 79.9. The molecule has 1 amide bonds. The van der Waals surface area contributed by atoms with Crippen LogP contribution >= 0.6 is 34.9 Å². The van der Waals surface area contributed by atoms with E-state index in [1.54, 1.807) is 66.7 Å². The third-order valence-corrected chi connectivity index (χ3v) is 8.92. The first-order valence-corrected chi connectivity index (χ1v) is 16.1. The Hall–Kier alpha value is -4.33. The molecule has 10 nitrogen and oxygen atoms in total. The molecule has 0 atom stereocenters. The molecular weight excluding hydrogens is 695 g/mol. The summed E-state index contributed by atoms with van der Waals surface area (Å²) in [5, 5.41) is 14.3. The SMILES string of the molecule is O=C(O)c1cccc(Oc2cccc(-c3nn(Cc4ccc(C(F)(F)P(=O)(O)O)c(Br)c4)c(=NC(=O)c4ccccc4)s3)c2)c1. The molecule has 3 N–H and O–H groups in total. The minimum Gasteiger partial charge on any atom is -0.478 e. The second-order valence-corrected chi connectivity index (χ2v) is 13.0. The van der Waals surface area contributed by atoms with Crippen molar-refractivity contribution in [2.24, 2.45) is 4.99 Å². The fraction of sp³-hybridized carbons (Fsp3) is 0.0667. The number of nitrogens with zero attached hydrogens (tertiary/aromatic N) is 3. The van der Waals surface area contributed by atoms with E-state index in [0.29, 0.717) is 33.2 Å². The quantitative estimate of drug-likeness (QED) is 0.140. The summed E-state index contributed by atoms with van der Waals surface area (Å²) < 4.78 is 47.2. The first kappa shape index (κ1) is 32.1. The molecule has 5 aromatic rings. The zero-order valence-electron chi connectivity index (χ0n) is 22.8. The fourth-order valence-corrected chi connectivity index (χ4v) is 6.33. The van der Waals surface area contributed by atoms with Crippen molar-refractivity contribution in [1.29, 1.82) is 0 Å². The Morgan fingerprint density at radius 1 is 0.933 bits per heavy atom. The number of amides is 1. The van der Waals surface area contributed by atoms with Gasteiger partial charge in [0.15, 0.2) is 0 Å². The van der Waals surface area contributed by atoms with Gasteiger partial charge in [0.2, 0.25) is 4.80 Å². The molecule has 0 saturated carbocycles. The maximum absolute atomic E-state index is 14.4. The summed E-state index contributed by atoms with van der Waals surface area (Å²) in [5.74, 6) is -0.933. The Morgan fingerprint density at radius 3 is 2.27 bits per heavy atom. The summed E-state index contributed by atoms with van der Waals surface area (Å²) >= 11 is 4.08. The van der Waals surface area contributed by atoms with Gasteiger partial charge in [-0.2, -0.15) is 18.9 Å². The van der Waals surface area contributed by atoms with Gasteiger partial charge >= 0.3 is 19.2 Å². The number of hydrogen-bond donors (Lipinski definition) is 3. The molecular formula is C30H21BrF2N3O7PS. The number of carbonyl (C=O) groups is 2. The summed E-state index contributed by atoms with van der Waals surface area (Å²) in [4.78, 5) is 47.0. The van der Waals surface area contributed by atoms with Crippen LogP contribution in [0.25, 0.3) is 10.6 Å². The van der Waals surface area contributed by atoms with E-state index in [1.165, 1.54) is 28.9 Å². The number of carbonyl (C=O) groups excluding carboxylic acids is 1. The average Bonchev–Trinajstić information content (AvgIpc) is 3.39. The van der Waals surface area contributed by atoms with Crippen molar-refractivity contribution in [2.45, 2.75) is 12.2 Å². The van der Waals surface area contributed by atoms with Crippen molar-refractivity contribution < 1.29 is 42.6 Å². The fourth-order valence-electron chi connectivity index (χ4n) is 4.10. The molecule has 0 saturated heterocycles. The molecule has 0 fully saturated rings. The molecule has 0 unspecified atom stereocenters. The van der Waals surface area contributed by atoms with Crippen LogP contribution in [0.3, 0.4) is 0 Å². The summed E-state index contributed by atoms with van der Waals surface area (Å²) in [6, 6.07) is 24.6. The van der Waals surface area contributed by atoms with Crippen molar-refractivity contribution in [3.8, 4) is 22.1 Å². The number of carboxylic acids is 1. The van der Waals surface area contributed by atoms with Gasteiger partial charge in [-0.1, -0.05) is 75.8 Å². The predicted octanol–water partition coefficient (Wildman–Crippen LogP) is 6.88. The van der Waals surface area contributed by atoms with E-state index in [-0.39, 0.29) is 21.4 Å². The molecule has 0 radical (unpaired) electrons. The summed E-state index contributed by atoms with van der Waals surface area (Å²) in [6.45, 7) is -0.0318. The minimum absolute atomic E-state index is 0.0318.